The molecule has 116 valence electrons. The largest absolute Gasteiger partial charge is 0.488 e. The van der Waals surface area contributed by atoms with E-state index in [-0.39, 0.29) is 11.7 Å². The van der Waals surface area contributed by atoms with Crippen molar-refractivity contribution in [2.75, 3.05) is 13.7 Å². The van der Waals surface area contributed by atoms with Crippen molar-refractivity contribution in [2.45, 2.75) is 50.4 Å². The monoisotopic (exact) mass is 417 g/mol. The van der Waals surface area contributed by atoms with Gasteiger partial charge in [-0.1, -0.05) is 0 Å². The highest BCUT2D eigenvalue weighted by molar-refractivity contribution is 9.11. The lowest BCUT2D eigenvalue weighted by molar-refractivity contribution is -0.153. The zero-order valence-electron chi connectivity index (χ0n) is 12.3. The second-order valence-corrected chi connectivity index (χ2v) is 7.75. The maximum atomic E-state index is 6.29. The van der Waals surface area contributed by atoms with Crippen molar-refractivity contribution in [2.24, 2.45) is 0 Å². The SMILES string of the molecule is CNCc1cc(Br)c(OC2CCOC3(CCC3)C2)c(Br)c1. The molecule has 1 aromatic rings. The molecule has 1 aliphatic heterocycles. The van der Waals surface area contributed by atoms with Gasteiger partial charge in [-0.15, -0.1) is 0 Å². The number of hydrogen-bond donors (Lipinski definition) is 1. The van der Waals surface area contributed by atoms with Crippen molar-refractivity contribution in [3.63, 3.8) is 0 Å². The van der Waals surface area contributed by atoms with Gasteiger partial charge in [0.1, 0.15) is 11.9 Å². The maximum Gasteiger partial charge on any atom is 0.148 e. The molecule has 1 aliphatic carbocycles. The molecule has 1 N–H and O–H groups in total. The zero-order chi connectivity index (χ0) is 14.9. The highest BCUT2D eigenvalue weighted by Crippen LogP contribution is 2.44. The molecule has 21 heavy (non-hydrogen) atoms. The van der Waals surface area contributed by atoms with Gasteiger partial charge in [0.2, 0.25) is 0 Å². The molecule has 1 aromatic carbocycles. The molecule has 0 aromatic heterocycles. The molecule has 5 heteroatoms. The summed E-state index contributed by atoms with van der Waals surface area (Å²) in [5.41, 5.74) is 1.35. The van der Waals surface area contributed by atoms with Gasteiger partial charge in [-0.2, -0.15) is 0 Å². The molecule has 1 saturated heterocycles. The van der Waals surface area contributed by atoms with E-state index in [9.17, 15) is 0 Å². The van der Waals surface area contributed by atoms with Gasteiger partial charge in [0.05, 0.1) is 21.2 Å². The molecular formula is C16H21Br2NO2. The van der Waals surface area contributed by atoms with Gasteiger partial charge in [-0.3, -0.25) is 0 Å². The van der Waals surface area contributed by atoms with Crippen LogP contribution in [0, 0.1) is 0 Å². The van der Waals surface area contributed by atoms with E-state index >= 15 is 0 Å². The molecule has 3 rings (SSSR count). The summed E-state index contributed by atoms with van der Waals surface area (Å²) in [6.07, 6.45) is 5.91. The quantitative estimate of drug-likeness (QED) is 0.785. The predicted octanol–water partition coefficient (Wildman–Crippen LogP) is 4.41. The van der Waals surface area contributed by atoms with E-state index in [0.717, 1.165) is 40.7 Å². The van der Waals surface area contributed by atoms with Gasteiger partial charge in [-0.25, -0.2) is 0 Å². The summed E-state index contributed by atoms with van der Waals surface area (Å²) in [7, 11) is 1.95. The Balaban J connectivity index is 1.72. The fraction of sp³-hybridized carbons (Fsp3) is 0.625. The third kappa shape index (κ3) is 3.46. The smallest absolute Gasteiger partial charge is 0.148 e. The predicted molar refractivity (Wildman–Crippen MR) is 90.8 cm³/mol. The highest BCUT2D eigenvalue weighted by atomic mass is 79.9. The van der Waals surface area contributed by atoms with Crippen LogP contribution in [0.1, 0.15) is 37.7 Å². The standard InChI is InChI=1S/C16H21Br2NO2/c1-19-10-11-7-13(17)15(14(18)8-11)21-12-3-6-20-16(9-12)4-2-5-16/h7-8,12,19H,2-6,9-10H2,1H3. The molecule has 2 fully saturated rings. The third-order valence-electron chi connectivity index (χ3n) is 4.44. The summed E-state index contributed by atoms with van der Waals surface area (Å²) in [4.78, 5) is 0. The average Bonchev–Trinajstić information content (AvgIpc) is 2.42. The average molecular weight is 419 g/mol. The first-order valence-corrected chi connectivity index (χ1v) is 9.14. The Morgan fingerprint density at radius 2 is 2.05 bits per heavy atom. The lowest BCUT2D eigenvalue weighted by Crippen LogP contribution is -2.48. The van der Waals surface area contributed by atoms with Crippen molar-refractivity contribution in [3.8, 4) is 5.75 Å². The van der Waals surface area contributed by atoms with Crippen LogP contribution in [-0.4, -0.2) is 25.4 Å². The van der Waals surface area contributed by atoms with E-state index in [1.165, 1.54) is 24.8 Å². The minimum atomic E-state index is 0.119. The summed E-state index contributed by atoms with van der Waals surface area (Å²) in [6, 6.07) is 4.24. The van der Waals surface area contributed by atoms with Crippen molar-refractivity contribution < 1.29 is 9.47 Å². The van der Waals surface area contributed by atoms with Crippen LogP contribution in [0.2, 0.25) is 0 Å². The Morgan fingerprint density at radius 3 is 2.62 bits per heavy atom. The summed E-state index contributed by atoms with van der Waals surface area (Å²) in [6.45, 7) is 1.66. The number of nitrogens with one attached hydrogen (secondary N) is 1. The van der Waals surface area contributed by atoms with Crippen molar-refractivity contribution in [1.29, 1.82) is 0 Å². The molecule has 0 radical (unpaired) electrons. The Bertz CT molecular complexity index is 494. The van der Waals surface area contributed by atoms with Crippen molar-refractivity contribution in [1.82, 2.24) is 5.32 Å². The molecule has 0 amide bonds. The minimum Gasteiger partial charge on any atom is -0.488 e. The van der Waals surface area contributed by atoms with Crippen LogP contribution in [0.3, 0.4) is 0 Å². The maximum absolute atomic E-state index is 6.29. The van der Waals surface area contributed by atoms with Gasteiger partial charge in [-0.05, 0) is 75.9 Å². The molecule has 1 saturated carbocycles. The lowest BCUT2D eigenvalue weighted by Gasteiger charge is -2.47. The van der Waals surface area contributed by atoms with Gasteiger partial charge in [0.15, 0.2) is 0 Å². The first kappa shape index (κ1) is 15.8. The first-order chi connectivity index (χ1) is 10.1. The van der Waals surface area contributed by atoms with E-state index in [0.29, 0.717) is 0 Å². The fourth-order valence-electron chi connectivity index (χ4n) is 3.20. The van der Waals surface area contributed by atoms with Crippen molar-refractivity contribution >= 4 is 31.9 Å². The number of halogens is 2. The van der Waals surface area contributed by atoms with E-state index < -0.39 is 0 Å². The van der Waals surface area contributed by atoms with E-state index in [1.54, 1.807) is 0 Å². The Labute approximate surface area is 143 Å². The second-order valence-electron chi connectivity index (χ2n) is 6.04. The molecular weight excluding hydrogens is 398 g/mol. The van der Waals surface area contributed by atoms with Crippen LogP contribution in [-0.2, 0) is 11.3 Å². The number of hydrogen-bond acceptors (Lipinski definition) is 3. The number of rotatable bonds is 4. The van der Waals surface area contributed by atoms with Crippen LogP contribution in [0.15, 0.2) is 21.1 Å². The zero-order valence-corrected chi connectivity index (χ0v) is 15.4. The first-order valence-electron chi connectivity index (χ1n) is 7.55. The van der Waals surface area contributed by atoms with Gasteiger partial charge in [0.25, 0.3) is 0 Å². The molecule has 2 aliphatic rings. The normalized spacial score (nSPS) is 23.9. The van der Waals surface area contributed by atoms with Gasteiger partial charge in [0, 0.05) is 19.4 Å². The van der Waals surface area contributed by atoms with Crippen LogP contribution in [0.5, 0.6) is 5.75 Å². The van der Waals surface area contributed by atoms with E-state index in [4.69, 9.17) is 9.47 Å². The Kier molecular flexibility index (Phi) is 4.94. The molecule has 1 heterocycles. The van der Waals surface area contributed by atoms with E-state index in [2.05, 4.69) is 49.3 Å². The summed E-state index contributed by atoms with van der Waals surface area (Å²) >= 11 is 7.28. The minimum absolute atomic E-state index is 0.119. The fourth-order valence-corrected chi connectivity index (χ4v) is 4.67. The Hall–Kier alpha value is -0.100. The summed E-state index contributed by atoms with van der Waals surface area (Å²) in [5.74, 6) is 0.913. The molecule has 1 atom stereocenters. The highest BCUT2D eigenvalue weighted by Gasteiger charge is 2.43. The number of ether oxygens (including phenoxy) is 2. The summed E-state index contributed by atoms with van der Waals surface area (Å²) in [5, 5.41) is 3.17. The van der Waals surface area contributed by atoms with E-state index in [1.807, 2.05) is 7.05 Å². The Morgan fingerprint density at radius 1 is 1.33 bits per heavy atom. The van der Waals surface area contributed by atoms with Crippen molar-refractivity contribution in [3.05, 3.63) is 26.6 Å². The van der Waals surface area contributed by atoms with Crippen LogP contribution in [0.25, 0.3) is 0 Å². The lowest BCUT2D eigenvalue weighted by atomic mass is 9.74. The van der Waals surface area contributed by atoms with Gasteiger partial charge >= 0.3 is 0 Å². The topological polar surface area (TPSA) is 30.5 Å². The second kappa shape index (κ2) is 6.57. The number of benzene rings is 1. The van der Waals surface area contributed by atoms with Crippen LogP contribution >= 0.6 is 31.9 Å². The molecule has 0 bridgehead atoms. The third-order valence-corrected chi connectivity index (χ3v) is 5.61. The molecule has 3 nitrogen and oxygen atoms in total. The summed E-state index contributed by atoms with van der Waals surface area (Å²) < 4.78 is 14.3. The molecule has 1 unspecified atom stereocenters. The van der Waals surface area contributed by atoms with Crippen LogP contribution < -0.4 is 10.1 Å². The molecule has 1 spiro atoms. The van der Waals surface area contributed by atoms with Gasteiger partial charge < -0.3 is 14.8 Å². The van der Waals surface area contributed by atoms with Crippen LogP contribution in [0.4, 0.5) is 0 Å².